The molecule has 0 aliphatic carbocycles. The van der Waals surface area contributed by atoms with Gasteiger partial charge in [-0.15, -0.1) is 0 Å². The molecule has 0 spiro atoms. The molecule has 11 heteroatoms. The van der Waals surface area contributed by atoms with Crippen LogP contribution in [0.4, 0.5) is 11.4 Å². The predicted molar refractivity (Wildman–Crippen MR) is 164 cm³/mol. The van der Waals surface area contributed by atoms with Crippen molar-refractivity contribution in [1.29, 1.82) is 0 Å². The Balaban J connectivity index is 1.18. The van der Waals surface area contributed by atoms with Crippen LogP contribution in [0.15, 0.2) is 72.8 Å². The van der Waals surface area contributed by atoms with Crippen molar-refractivity contribution in [1.82, 2.24) is 15.5 Å². The summed E-state index contributed by atoms with van der Waals surface area (Å²) in [5.41, 5.74) is 4.56. The average molecular weight is 608 g/mol. The number of piperazine rings is 1. The molecule has 3 aliphatic heterocycles. The lowest BCUT2D eigenvalue weighted by atomic mass is 9.95. The molecule has 0 saturated carbocycles. The fraction of sp³-hybridized carbons (Fsp3) is 0.355. The normalized spacial score (nSPS) is 22.0. The molecule has 2 saturated heterocycles. The molecular formula is C31H34ClN5O4S. The van der Waals surface area contributed by atoms with E-state index in [0.29, 0.717) is 43.2 Å². The number of nitrogens with one attached hydrogen (secondary N) is 3. The van der Waals surface area contributed by atoms with Crippen molar-refractivity contribution in [2.45, 2.75) is 50.0 Å². The standard InChI is InChI=1S/C31H34ClN5O4S/c1-42(40,41)35-26-8-4-5-9-29(26)36-18-25-16-24(36)19-37(25)31(39)28(14-20-10-12-23(32)13-11-20)34-30(38)27-15-21-6-2-3-7-22(21)17-33-27/h2-13,24-25,27-28,33,35H,14-19H2,1H3,(H,34,38)/t24?,25?,27-,28+/m0/s1. The van der Waals surface area contributed by atoms with Crippen LogP contribution in [0.1, 0.15) is 23.1 Å². The molecule has 3 aliphatic rings. The maximum Gasteiger partial charge on any atom is 0.245 e. The van der Waals surface area contributed by atoms with Gasteiger partial charge >= 0.3 is 0 Å². The summed E-state index contributed by atoms with van der Waals surface area (Å²) < 4.78 is 26.5. The van der Waals surface area contributed by atoms with Crippen molar-refractivity contribution in [2.24, 2.45) is 0 Å². The van der Waals surface area contributed by atoms with Crippen LogP contribution in [0.5, 0.6) is 0 Å². The van der Waals surface area contributed by atoms with Gasteiger partial charge in [0, 0.05) is 37.1 Å². The van der Waals surface area contributed by atoms with E-state index in [2.05, 4.69) is 26.3 Å². The van der Waals surface area contributed by atoms with Crippen LogP contribution in [0.2, 0.25) is 5.02 Å². The second-order valence-corrected chi connectivity index (χ2v) is 13.6. The van der Waals surface area contributed by atoms with E-state index in [0.717, 1.165) is 29.5 Å². The number of anilines is 2. The molecule has 2 amide bonds. The molecule has 9 nitrogen and oxygen atoms in total. The smallest absolute Gasteiger partial charge is 0.245 e. The summed E-state index contributed by atoms with van der Waals surface area (Å²) in [5, 5.41) is 7.01. The molecule has 0 aromatic heterocycles. The Kier molecular flexibility index (Phi) is 7.87. The molecular weight excluding hydrogens is 574 g/mol. The van der Waals surface area contributed by atoms with Crippen LogP contribution in [0, 0.1) is 0 Å². The van der Waals surface area contributed by atoms with Crippen LogP contribution < -0.4 is 20.3 Å². The topological polar surface area (TPSA) is 111 Å². The number of likely N-dealkylation sites (tertiary alicyclic amines) is 1. The highest BCUT2D eigenvalue weighted by Gasteiger charge is 2.47. The van der Waals surface area contributed by atoms with Gasteiger partial charge in [-0.05, 0) is 53.8 Å². The van der Waals surface area contributed by atoms with Crippen molar-refractivity contribution in [3.05, 3.63) is 94.5 Å². The maximum absolute atomic E-state index is 14.1. The lowest BCUT2D eigenvalue weighted by Gasteiger charge is -2.38. The van der Waals surface area contributed by atoms with Gasteiger partial charge in [-0.25, -0.2) is 8.42 Å². The van der Waals surface area contributed by atoms with Crippen molar-refractivity contribution in [2.75, 3.05) is 29.0 Å². The number of para-hydroxylation sites is 2. The Morgan fingerprint density at radius 2 is 1.69 bits per heavy atom. The zero-order valence-corrected chi connectivity index (χ0v) is 24.9. The van der Waals surface area contributed by atoms with Gasteiger partial charge < -0.3 is 20.4 Å². The second-order valence-electron chi connectivity index (χ2n) is 11.4. The van der Waals surface area contributed by atoms with E-state index in [1.165, 1.54) is 5.56 Å². The number of amides is 2. The van der Waals surface area contributed by atoms with E-state index in [9.17, 15) is 18.0 Å². The molecule has 6 rings (SSSR count). The Bertz CT molecular complexity index is 1600. The first-order valence-electron chi connectivity index (χ1n) is 14.1. The molecule has 2 unspecified atom stereocenters. The quantitative estimate of drug-likeness (QED) is 0.363. The minimum Gasteiger partial charge on any atom is -0.363 e. The number of halogens is 1. The van der Waals surface area contributed by atoms with Gasteiger partial charge in [0.05, 0.1) is 29.7 Å². The van der Waals surface area contributed by atoms with Gasteiger partial charge in [0.15, 0.2) is 0 Å². The summed E-state index contributed by atoms with van der Waals surface area (Å²) in [4.78, 5) is 31.6. The summed E-state index contributed by atoms with van der Waals surface area (Å²) in [6.07, 6.45) is 2.83. The van der Waals surface area contributed by atoms with E-state index in [-0.39, 0.29) is 23.9 Å². The summed E-state index contributed by atoms with van der Waals surface area (Å²) >= 11 is 6.10. The third-order valence-electron chi connectivity index (χ3n) is 8.40. The Hall–Kier alpha value is -3.60. The molecule has 0 radical (unpaired) electrons. The molecule has 2 bridgehead atoms. The number of hydrogen-bond acceptors (Lipinski definition) is 6. The van der Waals surface area contributed by atoms with Crippen LogP contribution in [-0.4, -0.2) is 68.6 Å². The van der Waals surface area contributed by atoms with Crippen molar-refractivity contribution in [3.8, 4) is 0 Å². The molecule has 220 valence electrons. The number of hydrogen-bond donors (Lipinski definition) is 3. The third kappa shape index (κ3) is 6.11. The van der Waals surface area contributed by atoms with E-state index in [1.807, 2.05) is 47.4 Å². The second kappa shape index (κ2) is 11.6. The van der Waals surface area contributed by atoms with Gasteiger partial charge in [0.1, 0.15) is 6.04 Å². The number of fused-ring (bicyclic) bond motifs is 3. The Labute approximate surface area is 251 Å². The number of carbonyl (C=O) groups excluding carboxylic acids is 2. The first kappa shape index (κ1) is 28.5. The summed E-state index contributed by atoms with van der Waals surface area (Å²) in [6, 6.07) is 21.6. The highest BCUT2D eigenvalue weighted by Crippen LogP contribution is 2.38. The molecule has 3 aromatic carbocycles. The molecule has 3 N–H and O–H groups in total. The van der Waals surface area contributed by atoms with Crippen molar-refractivity contribution >= 4 is 44.8 Å². The molecule has 3 heterocycles. The van der Waals surface area contributed by atoms with Crippen molar-refractivity contribution < 1.29 is 18.0 Å². The fourth-order valence-electron chi connectivity index (χ4n) is 6.41. The zero-order valence-electron chi connectivity index (χ0n) is 23.3. The van der Waals surface area contributed by atoms with E-state index < -0.39 is 22.1 Å². The van der Waals surface area contributed by atoms with Gasteiger partial charge in [0.2, 0.25) is 21.8 Å². The summed E-state index contributed by atoms with van der Waals surface area (Å²) in [6.45, 7) is 1.69. The highest BCUT2D eigenvalue weighted by molar-refractivity contribution is 7.92. The number of rotatable bonds is 8. The number of carbonyl (C=O) groups is 2. The number of benzene rings is 3. The molecule has 2 fully saturated rings. The van der Waals surface area contributed by atoms with Crippen LogP contribution in [0.3, 0.4) is 0 Å². The fourth-order valence-corrected chi connectivity index (χ4v) is 7.11. The van der Waals surface area contributed by atoms with Gasteiger partial charge in [0.25, 0.3) is 0 Å². The van der Waals surface area contributed by atoms with Crippen LogP contribution in [-0.2, 0) is 39.0 Å². The first-order valence-corrected chi connectivity index (χ1v) is 16.4. The van der Waals surface area contributed by atoms with Crippen LogP contribution >= 0.6 is 11.6 Å². The highest BCUT2D eigenvalue weighted by atomic mass is 35.5. The van der Waals surface area contributed by atoms with E-state index >= 15 is 0 Å². The first-order chi connectivity index (χ1) is 20.1. The average Bonchev–Trinajstić information content (AvgIpc) is 3.58. The largest absolute Gasteiger partial charge is 0.363 e. The van der Waals surface area contributed by atoms with Gasteiger partial charge in [-0.1, -0.05) is 60.1 Å². The lowest BCUT2D eigenvalue weighted by molar-refractivity contribution is -0.137. The molecule has 4 atom stereocenters. The maximum atomic E-state index is 14.1. The Morgan fingerprint density at radius 1 is 0.976 bits per heavy atom. The minimum absolute atomic E-state index is 0.0434. The van der Waals surface area contributed by atoms with Crippen LogP contribution in [0.25, 0.3) is 0 Å². The monoisotopic (exact) mass is 607 g/mol. The van der Waals surface area contributed by atoms with Crippen molar-refractivity contribution in [3.63, 3.8) is 0 Å². The van der Waals surface area contributed by atoms with E-state index in [1.54, 1.807) is 24.3 Å². The third-order valence-corrected chi connectivity index (χ3v) is 9.24. The number of nitrogens with zero attached hydrogens (tertiary/aromatic N) is 2. The summed E-state index contributed by atoms with van der Waals surface area (Å²) in [7, 11) is -3.44. The minimum atomic E-state index is -3.44. The lowest BCUT2D eigenvalue weighted by Crippen LogP contribution is -2.58. The zero-order chi connectivity index (χ0) is 29.4. The van der Waals surface area contributed by atoms with E-state index in [4.69, 9.17) is 11.6 Å². The SMILES string of the molecule is CS(=O)(=O)Nc1ccccc1N1CC2CC1CN2C(=O)[C@@H](Cc1ccc(Cl)cc1)NC(=O)[C@@H]1Cc2ccccc2CN1. The molecule has 3 aromatic rings. The van der Waals surface area contributed by atoms with Gasteiger partial charge in [-0.2, -0.15) is 0 Å². The number of sulfonamides is 1. The Morgan fingerprint density at radius 3 is 2.40 bits per heavy atom. The molecule has 42 heavy (non-hydrogen) atoms. The predicted octanol–water partition coefficient (Wildman–Crippen LogP) is 2.94. The summed E-state index contributed by atoms with van der Waals surface area (Å²) in [5.74, 6) is -0.298. The van der Waals surface area contributed by atoms with Gasteiger partial charge in [-0.3, -0.25) is 14.3 Å².